The number of carboxylic acid groups (broad SMARTS) is 1. The van der Waals surface area contributed by atoms with Crippen LogP contribution >= 0.6 is 39.1 Å². The van der Waals surface area contributed by atoms with Crippen molar-refractivity contribution >= 4 is 45.1 Å². The molecule has 0 saturated heterocycles. The van der Waals surface area contributed by atoms with E-state index in [1.54, 1.807) is 10.7 Å². The van der Waals surface area contributed by atoms with E-state index in [1.165, 1.54) is 0 Å². The lowest BCUT2D eigenvalue weighted by molar-refractivity contribution is -0.139. The van der Waals surface area contributed by atoms with Crippen LogP contribution in [-0.4, -0.2) is 20.9 Å². The summed E-state index contributed by atoms with van der Waals surface area (Å²) in [6, 6.07) is 13.2. The van der Waals surface area contributed by atoms with E-state index in [0.717, 1.165) is 34.1 Å². The topological polar surface area (TPSA) is 55.1 Å². The Kier molecular flexibility index (Phi) is 5.01. The monoisotopic (exact) mass is 464 g/mol. The van der Waals surface area contributed by atoms with E-state index in [-0.39, 0.29) is 0 Å². The van der Waals surface area contributed by atoms with Crippen molar-refractivity contribution in [1.29, 1.82) is 0 Å². The van der Waals surface area contributed by atoms with Crippen LogP contribution in [0.15, 0.2) is 46.9 Å². The van der Waals surface area contributed by atoms with Crippen molar-refractivity contribution in [3.05, 3.63) is 68.2 Å². The maximum Gasteiger partial charge on any atom is 0.312 e. The van der Waals surface area contributed by atoms with Crippen LogP contribution in [-0.2, 0) is 11.2 Å². The summed E-state index contributed by atoms with van der Waals surface area (Å²) in [5.41, 5.74) is 4.04. The van der Waals surface area contributed by atoms with Gasteiger partial charge in [-0.05, 0) is 43.5 Å². The van der Waals surface area contributed by atoms with Crippen LogP contribution in [0.4, 0.5) is 0 Å². The molecule has 3 aromatic rings. The molecular weight excluding hydrogens is 451 g/mol. The second-order valence-corrected chi connectivity index (χ2v) is 8.19. The van der Waals surface area contributed by atoms with Gasteiger partial charge in [0.25, 0.3) is 0 Å². The van der Waals surface area contributed by atoms with Crippen LogP contribution in [0.3, 0.4) is 0 Å². The molecule has 4 nitrogen and oxygen atoms in total. The summed E-state index contributed by atoms with van der Waals surface area (Å²) in [5.74, 6) is -1.46. The van der Waals surface area contributed by atoms with E-state index in [1.807, 2.05) is 36.4 Å². The van der Waals surface area contributed by atoms with Gasteiger partial charge in [-0.2, -0.15) is 5.10 Å². The molecule has 27 heavy (non-hydrogen) atoms. The molecule has 1 aromatic heterocycles. The van der Waals surface area contributed by atoms with Gasteiger partial charge in [0.05, 0.1) is 27.1 Å². The van der Waals surface area contributed by atoms with Crippen LogP contribution < -0.4 is 0 Å². The predicted octanol–water partition coefficient (Wildman–Crippen LogP) is 6.11. The zero-order valence-corrected chi connectivity index (χ0v) is 17.2. The number of halogens is 3. The minimum absolute atomic E-state index is 0.393. The van der Waals surface area contributed by atoms with Crippen molar-refractivity contribution < 1.29 is 9.90 Å². The van der Waals surface area contributed by atoms with Crippen LogP contribution in [0.25, 0.3) is 16.9 Å². The third kappa shape index (κ3) is 3.28. The molecule has 0 fully saturated rings. The molecule has 0 saturated carbocycles. The zero-order valence-electron chi connectivity index (χ0n) is 14.1. The lowest BCUT2D eigenvalue weighted by Gasteiger charge is -2.18. The smallest absolute Gasteiger partial charge is 0.312 e. The van der Waals surface area contributed by atoms with Gasteiger partial charge in [0, 0.05) is 15.6 Å². The van der Waals surface area contributed by atoms with Gasteiger partial charge in [0.15, 0.2) is 0 Å². The van der Waals surface area contributed by atoms with Gasteiger partial charge in [0.1, 0.15) is 5.92 Å². The molecule has 1 aliphatic rings. The number of rotatable bonds is 3. The van der Waals surface area contributed by atoms with E-state index >= 15 is 0 Å². The Morgan fingerprint density at radius 3 is 2.63 bits per heavy atom. The fraction of sp³-hybridized carbons (Fsp3) is 0.200. The fourth-order valence-electron chi connectivity index (χ4n) is 3.59. The maximum absolute atomic E-state index is 11.8. The Bertz CT molecular complexity index is 1030. The molecule has 0 aliphatic heterocycles. The zero-order chi connectivity index (χ0) is 19.1. The Labute approximate surface area is 174 Å². The van der Waals surface area contributed by atoms with E-state index < -0.39 is 11.9 Å². The van der Waals surface area contributed by atoms with Gasteiger partial charge in [0.2, 0.25) is 0 Å². The lowest BCUT2D eigenvalue weighted by atomic mass is 9.86. The fourth-order valence-corrected chi connectivity index (χ4v) is 4.23. The third-order valence-corrected chi connectivity index (χ3v) is 6.18. The van der Waals surface area contributed by atoms with Gasteiger partial charge in [-0.1, -0.05) is 57.3 Å². The van der Waals surface area contributed by atoms with Crippen molar-refractivity contribution in [2.24, 2.45) is 0 Å². The number of aromatic nitrogens is 2. The standard InChI is InChI=1S/C20H15BrCl2N2O2/c21-12-9-7-11(8-10-12)19-13-3-1-4-14(20(26)27)18(13)24-25(19)16-6-2-5-15(22)17(16)23/h2,5-10,14H,1,3-4H2,(H,26,27). The molecule has 1 heterocycles. The first-order valence-electron chi connectivity index (χ1n) is 8.52. The number of hydrogen-bond acceptors (Lipinski definition) is 2. The van der Waals surface area contributed by atoms with Crippen LogP contribution in [0.5, 0.6) is 0 Å². The third-order valence-electron chi connectivity index (χ3n) is 4.84. The summed E-state index contributed by atoms with van der Waals surface area (Å²) in [6.45, 7) is 0. The van der Waals surface area contributed by atoms with Crippen LogP contribution in [0.1, 0.15) is 30.0 Å². The van der Waals surface area contributed by atoms with Crippen molar-refractivity contribution in [2.75, 3.05) is 0 Å². The molecule has 0 radical (unpaired) electrons. The minimum Gasteiger partial charge on any atom is -0.481 e. The summed E-state index contributed by atoms with van der Waals surface area (Å²) in [6.07, 6.45) is 2.17. The van der Waals surface area contributed by atoms with Gasteiger partial charge >= 0.3 is 5.97 Å². The van der Waals surface area contributed by atoms with Gasteiger partial charge < -0.3 is 5.11 Å². The minimum atomic E-state index is -0.847. The Morgan fingerprint density at radius 2 is 1.93 bits per heavy atom. The average Bonchev–Trinajstić information content (AvgIpc) is 3.03. The first-order chi connectivity index (χ1) is 13.0. The van der Waals surface area contributed by atoms with Crippen LogP contribution in [0.2, 0.25) is 10.0 Å². The second-order valence-electron chi connectivity index (χ2n) is 6.49. The summed E-state index contributed by atoms with van der Waals surface area (Å²) < 4.78 is 2.71. The Morgan fingerprint density at radius 1 is 1.19 bits per heavy atom. The number of hydrogen-bond donors (Lipinski definition) is 1. The van der Waals surface area contributed by atoms with Crippen LogP contribution in [0, 0.1) is 0 Å². The number of benzene rings is 2. The Hall–Kier alpha value is -1.82. The molecule has 2 aromatic carbocycles. The van der Waals surface area contributed by atoms with Gasteiger partial charge in [-0.15, -0.1) is 0 Å². The van der Waals surface area contributed by atoms with Crippen molar-refractivity contribution in [1.82, 2.24) is 9.78 Å². The number of nitrogens with zero attached hydrogens (tertiary/aromatic N) is 2. The van der Waals surface area contributed by atoms with E-state index in [9.17, 15) is 9.90 Å². The quantitative estimate of drug-likeness (QED) is 0.507. The molecule has 138 valence electrons. The number of carbonyl (C=O) groups is 1. The van der Waals surface area contributed by atoms with Gasteiger partial charge in [-0.25, -0.2) is 4.68 Å². The summed E-state index contributed by atoms with van der Waals surface area (Å²) in [4.78, 5) is 11.8. The number of aliphatic carboxylic acids is 1. The molecule has 7 heteroatoms. The summed E-state index contributed by atoms with van der Waals surface area (Å²) in [7, 11) is 0. The largest absolute Gasteiger partial charge is 0.481 e. The average molecular weight is 466 g/mol. The van der Waals surface area contributed by atoms with E-state index in [4.69, 9.17) is 28.3 Å². The highest BCUT2D eigenvalue weighted by molar-refractivity contribution is 9.10. The first kappa shape index (κ1) is 18.5. The highest BCUT2D eigenvalue weighted by Crippen LogP contribution is 2.40. The molecular formula is C20H15BrCl2N2O2. The molecule has 1 aliphatic carbocycles. The lowest BCUT2D eigenvalue weighted by Crippen LogP contribution is -2.17. The molecule has 1 N–H and O–H groups in total. The summed E-state index contributed by atoms with van der Waals surface area (Å²) >= 11 is 16.1. The molecule has 0 amide bonds. The SMILES string of the molecule is O=C(O)C1CCCc2c1nn(-c1cccc(Cl)c1Cl)c2-c1ccc(Br)cc1. The highest BCUT2D eigenvalue weighted by Gasteiger charge is 2.33. The Balaban J connectivity index is 2.01. The normalized spacial score (nSPS) is 16.2. The maximum atomic E-state index is 11.8. The van der Waals surface area contributed by atoms with Crippen molar-refractivity contribution in [2.45, 2.75) is 25.2 Å². The van der Waals surface area contributed by atoms with Crippen molar-refractivity contribution in [3.8, 4) is 16.9 Å². The molecule has 0 bridgehead atoms. The first-order valence-corrected chi connectivity index (χ1v) is 10.1. The predicted molar refractivity (Wildman–Crippen MR) is 110 cm³/mol. The number of carboxylic acids is 1. The highest BCUT2D eigenvalue weighted by atomic mass is 79.9. The van der Waals surface area contributed by atoms with Crippen molar-refractivity contribution in [3.63, 3.8) is 0 Å². The summed E-state index contributed by atoms with van der Waals surface area (Å²) in [5, 5.41) is 15.2. The van der Waals surface area contributed by atoms with Gasteiger partial charge in [-0.3, -0.25) is 4.79 Å². The molecule has 0 spiro atoms. The van der Waals surface area contributed by atoms with E-state index in [0.29, 0.717) is 27.8 Å². The molecule has 4 rings (SSSR count). The number of fused-ring (bicyclic) bond motifs is 1. The molecule has 1 unspecified atom stereocenters. The van der Waals surface area contributed by atoms with E-state index in [2.05, 4.69) is 15.9 Å². The molecule has 1 atom stereocenters. The second kappa shape index (κ2) is 7.30.